The predicted molar refractivity (Wildman–Crippen MR) is 72.2 cm³/mol. The van der Waals surface area contributed by atoms with Crippen molar-refractivity contribution in [2.75, 3.05) is 13.2 Å². The minimum Gasteiger partial charge on any atom is -0.384 e. The summed E-state index contributed by atoms with van der Waals surface area (Å²) in [6.45, 7) is 4.36. The predicted octanol–water partition coefficient (Wildman–Crippen LogP) is 1.95. The molecule has 102 valence electrons. The molecule has 0 bridgehead atoms. The van der Waals surface area contributed by atoms with Crippen molar-refractivity contribution >= 4 is 5.91 Å². The van der Waals surface area contributed by atoms with Crippen molar-refractivity contribution < 1.29 is 14.3 Å². The van der Waals surface area contributed by atoms with Gasteiger partial charge in [0, 0.05) is 12.1 Å². The maximum absolute atomic E-state index is 13.7. The van der Waals surface area contributed by atoms with Crippen molar-refractivity contribution in [3.05, 3.63) is 35.1 Å². The third kappa shape index (κ3) is 5.11. The van der Waals surface area contributed by atoms with Gasteiger partial charge in [0.1, 0.15) is 12.4 Å². The molecular weight excluding hydrogens is 245 g/mol. The van der Waals surface area contributed by atoms with E-state index in [0.29, 0.717) is 18.0 Å². The number of hydrogen-bond acceptors (Lipinski definition) is 2. The molecular formula is C15H18FNO2. The molecule has 0 aliphatic heterocycles. The standard InChI is InChI=1S/C15H18FNO2/c1-11(2)7-8-17-15(19)13-6-5-12(4-3-9-18)10-14(13)16/h5-6,10-11,18H,7-9H2,1-2H3,(H,17,19). The number of carbonyl (C=O) groups excluding carboxylic acids is 1. The maximum Gasteiger partial charge on any atom is 0.254 e. The fourth-order valence-corrected chi connectivity index (χ4v) is 1.49. The zero-order valence-corrected chi connectivity index (χ0v) is 11.2. The van der Waals surface area contributed by atoms with Crippen LogP contribution in [0.15, 0.2) is 18.2 Å². The Kier molecular flexibility index (Phi) is 6.04. The molecule has 2 N–H and O–H groups in total. The quantitative estimate of drug-likeness (QED) is 0.816. The van der Waals surface area contributed by atoms with Crippen molar-refractivity contribution in [1.29, 1.82) is 0 Å². The molecule has 0 atom stereocenters. The van der Waals surface area contributed by atoms with E-state index in [2.05, 4.69) is 31.0 Å². The number of benzene rings is 1. The molecule has 0 saturated carbocycles. The van der Waals surface area contributed by atoms with E-state index in [1.165, 1.54) is 12.1 Å². The van der Waals surface area contributed by atoms with Crippen molar-refractivity contribution in [2.24, 2.45) is 5.92 Å². The smallest absolute Gasteiger partial charge is 0.254 e. The first-order valence-corrected chi connectivity index (χ1v) is 6.22. The van der Waals surface area contributed by atoms with Crippen molar-refractivity contribution in [2.45, 2.75) is 20.3 Å². The average Bonchev–Trinajstić information content (AvgIpc) is 2.35. The Morgan fingerprint density at radius 2 is 2.21 bits per heavy atom. The molecule has 0 aromatic heterocycles. The van der Waals surface area contributed by atoms with Gasteiger partial charge in [0.15, 0.2) is 0 Å². The molecule has 0 aliphatic carbocycles. The maximum atomic E-state index is 13.7. The monoisotopic (exact) mass is 263 g/mol. The molecule has 0 saturated heterocycles. The van der Waals surface area contributed by atoms with Gasteiger partial charge in [-0.2, -0.15) is 0 Å². The van der Waals surface area contributed by atoms with Crippen LogP contribution in [-0.4, -0.2) is 24.2 Å². The SMILES string of the molecule is CC(C)CCNC(=O)c1ccc(C#CCO)cc1F. The molecule has 19 heavy (non-hydrogen) atoms. The number of halogens is 1. The largest absolute Gasteiger partial charge is 0.384 e. The Hall–Kier alpha value is -1.86. The number of amides is 1. The summed E-state index contributed by atoms with van der Waals surface area (Å²) in [6.07, 6.45) is 0.855. The third-order valence-corrected chi connectivity index (χ3v) is 2.53. The summed E-state index contributed by atoms with van der Waals surface area (Å²) in [6, 6.07) is 4.16. The lowest BCUT2D eigenvalue weighted by Crippen LogP contribution is -2.26. The van der Waals surface area contributed by atoms with Crippen molar-refractivity contribution in [3.63, 3.8) is 0 Å². The van der Waals surface area contributed by atoms with Crippen LogP contribution in [0, 0.1) is 23.6 Å². The molecule has 0 spiro atoms. The van der Waals surface area contributed by atoms with Gasteiger partial charge in [-0.25, -0.2) is 4.39 Å². The summed E-state index contributed by atoms with van der Waals surface area (Å²) >= 11 is 0. The van der Waals surface area contributed by atoms with Crippen LogP contribution in [0.4, 0.5) is 4.39 Å². The van der Waals surface area contributed by atoms with E-state index in [1.54, 1.807) is 6.07 Å². The fourth-order valence-electron chi connectivity index (χ4n) is 1.49. The van der Waals surface area contributed by atoms with Crippen molar-refractivity contribution in [3.8, 4) is 11.8 Å². The minimum atomic E-state index is -0.605. The van der Waals surface area contributed by atoms with Gasteiger partial charge in [0.05, 0.1) is 5.56 Å². The highest BCUT2D eigenvalue weighted by molar-refractivity contribution is 5.94. The third-order valence-electron chi connectivity index (χ3n) is 2.53. The van der Waals surface area contributed by atoms with Crippen LogP contribution >= 0.6 is 0 Å². The molecule has 3 nitrogen and oxygen atoms in total. The molecule has 4 heteroatoms. The van der Waals surface area contributed by atoms with Crippen LogP contribution < -0.4 is 5.32 Å². The van der Waals surface area contributed by atoms with E-state index < -0.39 is 11.7 Å². The number of carbonyl (C=O) groups is 1. The first kappa shape index (κ1) is 15.2. The second-order valence-electron chi connectivity index (χ2n) is 4.59. The van der Waals surface area contributed by atoms with Gasteiger partial charge < -0.3 is 10.4 Å². The molecule has 1 aromatic carbocycles. The summed E-state index contributed by atoms with van der Waals surface area (Å²) in [5.74, 6) is 4.48. The molecule has 0 fully saturated rings. The average molecular weight is 263 g/mol. The second kappa shape index (κ2) is 7.55. The van der Waals surface area contributed by atoms with Gasteiger partial charge in [-0.15, -0.1) is 0 Å². The van der Waals surface area contributed by atoms with Gasteiger partial charge in [-0.1, -0.05) is 25.7 Å². The molecule has 1 rings (SSSR count). The first-order chi connectivity index (χ1) is 9.04. The van der Waals surface area contributed by atoms with Crippen LogP contribution in [-0.2, 0) is 0 Å². The van der Waals surface area contributed by atoms with Gasteiger partial charge in [0.2, 0.25) is 0 Å². The fraction of sp³-hybridized carbons (Fsp3) is 0.400. The summed E-state index contributed by atoms with van der Waals surface area (Å²) in [5.41, 5.74) is 0.448. The lowest BCUT2D eigenvalue weighted by atomic mass is 10.1. The van der Waals surface area contributed by atoms with Gasteiger partial charge >= 0.3 is 0 Å². The number of aliphatic hydroxyl groups excluding tert-OH is 1. The highest BCUT2D eigenvalue weighted by Crippen LogP contribution is 2.10. The minimum absolute atomic E-state index is 0.0123. The Morgan fingerprint density at radius 3 is 2.79 bits per heavy atom. The van der Waals surface area contributed by atoms with E-state index in [0.717, 1.165) is 6.42 Å². The molecule has 0 unspecified atom stereocenters. The summed E-state index contributed by atoms with van der Waals surface area (Å²) in [5, 5.41) is 11.2. The zero-order valence-electron chi connectivity index (χ0n) is 11.2. The highest BCUT2D eigenvalue weighted by atomic mass is 19.1. The number of rotatable bonds is 4. The Balaban J connectivity index is 2.70. The van der Waals surface area contributed by atoms with E-state index in [9.17, 15) is 9.18 Å². The van der Waals surface area contributed by atoms with E-state index in [-0.39, 0.29) is 12.2 Å². The van der Waals surface area contributed by atoms with E-state index in [4.69, 9.17) is 5.11 Å². The lowest BCUT2D eigenvalue weighted by molar-refractivity contribution is 0.0948. The normalized spacial score (nSPS) is 9.95. The number of nitrogens with one attached hydrogen (secondary N) is 1. The topological polar surface area (TPSA) is 49.3 Å². The van der Waals surface area contributed by atoms with Crippen molar-refractivity contribution in [1.82, 2.24) is 5.32 Å². The van der Waals surface area contributed by atoms with Gasteiger partial charge in [0.25, 0.3) is 5.91 Å². The molecule has 1 aromatic rings. The number of aliphatic hydroxyl groups is 1. The van der Waals surface area contributed by atoms with Crippen LogP contribution in [0.3, 0.4) is 0 Å². The molecule has 0 heterocycles. The molecule has 0 radical (unpaired) electrons. The number of hydrogen-bond donors (Lipinski definition) is 2. The van der Waals surface area contributed by atoms with Gasteiger partial charge in [-0.05, 0) is 30.5 Å². The first-order valence-electron chi connectivity index (χ1n) is 6.22. The summed E-state index contributed by atoms with van der Waals surface area (Å²) < 4.78 is 13.7. The zero-order chi connectivity index (χ0) is 14.3. The van der Waals surface area contributed by atoms with Gasteiger partial charge in [-0.3, -0.25) is 4.79 Å². The van der Waals surface area contributed by atoms with Crippen LogP contribution in [0.25, 0.3) is 0 Å². The molecule has 1 amide bonds. The Morgan fingerprint density at radius 1 is 1.47 bits per heavy atom. The van der Waals surface area contributed by atoms with E-state index >= 15 is 0 Å². The molecule has 0 aliphatic rings. The lowest BCUT2D eigenvalue weighted by Gasteiger charge is -2.08. The van der Waals surface area contributed by atoms with Crippen LogP contribution in [0.5, 0.6) is 0 Å². The summed E-state index contributed by atoms with van der Waals surface area (Å²) in [4.78, 5) is 11.7. The Bertz CT molecular complexity index is 501. The summed E-state index contributed by atoms with van der Waals surface area (Å²) in [7, 11) is 0. The Labute approximate surface area is 112 Å². The highest BCUT2D eigenvalue weighted by Gasteiger charge is 2.11. The second-order valence-corrected chi connectivity index (χ2v) is 4.59. The van der Waals surface area contributed by atoms with E-state index in [1.807, 2.05) is 0 Å². The van der Waals surface area contributed by atoms with Crippen LogP contribution in [0.1, 0.15) is 36.2 Å². The van der Waals surface area contributed by atoms with Crippen LogP contribution in [0.2, 0.25) is 0 Å².